The van der Waals surface area contributed by atoms with Gasteiger partial charge in [0.15, 0.2) is 0 Å². The van der Waals surface area contributed by atoms with Crippen LogP contribution >= 0.6 is 0 Å². The molecule has 2 N–H and O–H groups in total. The molecule has 0 amide bonds. The summed E-state index contributed by atoms with van der Waals surface area (Å²) in [6.45, 7) is 4.36. The average Bonchev–Trinajstić information content (AvgIpc) is 1.72. The van der Waals surface area contributed by atoms with Gasteiger partial charge in [-0.05, 0) is 0 Å². The van der Waals surface area contributed by atoms with Gasteiger partial charge in [0.1, 0.15) is 0 Å². The Balaban J connectivity index is -0.0000000480. The van der Waals surface area contributed by atoms with Crippen LogP contribution in [0.3, 0.4) is 0 Å². The van der Waals surface area contributed by atoms with E-state index in [4.69, 9.17) is 3.08 Å². The monoisotopic (exact) mass is 212 g/mol. The van der Waals surface area contributed by atoms with Crippen LogP contribution in [0.2, 0.25) is 0 Å². The maximum absolute atomic E-state index is 8.34. The Kier molecular flexibility index (Phi) is 69.2. The predicted molar refractivity (Wildman–Crippen MR) is 30.6 cm³/mol. The molecular weight excluding hydrogens is 199 g/mol. The van der Waals surface area contributed by atoms with E-state index < -0.39 is 0 Å². The fourth-order valence-corrected chi connectivity index (χ4v) is 0. The zero-order valence-electron chi connectivity index (χ0n) is 4.82. The SMILES string of the molecule is CCCC.O.[O]=[Sn]. The summed E-state index contributed by atoms with van der Waals surface area (Å²) in [5.41, 5.74) is 0. The van der Waals surface area contributed by atoms with Gasteiger partial charge < -0.3 is 5.48 Å². The van der Waals surface area contributed by atoms with Gasteiger partial charge in [0.05, 0.1) is 0 Å². The van der Waals surface area contributed by atoms with Crippen LogP contribution in [0, 0.1) is 0 Å². The van der Waals surface area contributed by atoms with Crippen molar-refractivity contribution in [1.29, 1.82) is 0 Å². The van der Waals surface area contributed by atoms with E-state index in [1.54, 1.807) is 0 Å². The Morgan fingerprint density at radius 2 is 1.29 bits per heavy atom. The van der Waals surface area contributed by atoms with Crippen molar-refractivity contribution in [3.05, 3.63) is 0 Å². The quantitative estimate of drug-likeness (QED) is 0.581. The van der Waals surface area contributed by atoms with Gasteiger partial charge in [-0.1, -0.05) is 26.7 Å². The van der Waals surface area contributed by atoms with Gasteiger partial charge in [0.2, 0.25) is 0 Å². The molecule has 0 atom stereocenters. The molecule has 7 heavy (non-hydrogen) atoms. The minimum absolute atomic E-state index is 0. The minimum atomic E-state index is 0. The number of rotatable bonds is 1. The van der Waals surface area contributed by atoms with Crippen LogP contribution in [0.5, 0.6) is 0 Å². The zero-order valence-corrected chi connectivity index (χ0v) is 7.68. The standard InChI is InChI=1S/C4H10.H2O.O.Sn/c1-3-4-2;;;/h3-4H2,1-2H3;1H2;;. The van der Waals surface area contributed by atoms with Crippen LogP contribution in [-0.2, 0) is 3.08 Å². The first kappa shape index (κ1) is 15.6. The molecule has 0 aliphatic carbocycles. The van der Waals surface area contributed by atoms with Crippen LogP contribution in [0.4, 0.5) is 0 Å². The Hall–Kier alpha value is 0.559. The molecule has 0 aromatic rings. The van der Waals surface area contributed by atoms with E-state index >= 15 is 0 Å². The summed E-state index contributed by atoms with van der Waals surface area (Å²) in [5, 5.41) is 0. The summed E-state index contributed by atoms with van der Waals surface area (Å²) in [4.78, 5) is 0. The first-order valence-electron chi connectivity index (χ1n) is 2.12. The van der Waals surface area contributed by atoms with Gasteiger partial charge in [-0.25, -0.2) is 0 Å². The molecule has 0 aromatic heterocycles. The number of hydrogen-bond acceptors (Lipinski definition) is 1. The first-order valence-corrected chi connectivity index (χ1v) is 3.28. The van der Waals surface area contributed by atoms with Crippen molar-refractivity contribution in [1.82, 2.24) is 0 Å². The van der Waals surface area contributed by atoms with E-state index in [-0.39, 0.29) is 5.48 Å². The van der Waals surface area contributed by atoms with E-state index in [9.17, 15) is 0 Å². The van der Waals surface area contributed by atoms with Crippen molar-refractivity contribution in [2.45, 2.75) is 26.7 Å². The average molecular weight is 211 g/mol. The molecule has 0 aromatic carbocycles. The van der Waals surface area contributed by atoms with Gasteiger partial charge in [-0.2, -0.15) is 0 Å². The normalized spacial score (nSPS) is 4.86. The molecule has 0 spiro atoms. The van der Waals surface area contributed by atoms with Gasteiger partial charge in [0.25, 0.3) is 0 Å². The van der Waals surface area contributed by atoms with Crippen LogP contribution in [0.1, 0.15) is 26.7 Å². The summed E-state index contributed by atoms with van der Waals surface area (Å²) < 4.78 is 8.34. The van der Waals surface area contributed by atoms with Gasteiger partial charge in [-0.3, -0.25) is 0 Å². The van der Waals surface area contributed by atoms with Crippen LogP contribution in [0.15, 0.2) is 0 Å². The summed E-state index contributed by atoms with van der Waals surface area (Å²) in [6, 6.07) is 0. The fourth-order valence-electron chi connectivity index (χ4n) is 0. The molecule has 2 radical (unpaired) electrons. The third-order valence-electron chi connectivity index (χ3n) is 0.500. The second kappa shape index (κ2) is 31.0. The molecule has 0 bridgehead atoms. The Bertz CT molecular complexity index is 17.2. The Morgan fingerprint density at radius 1 is 1.14 bits per heavy atom. The van der Waals surface area contributed by atoms with Crippen molar-refractivity contribution in [3.63, 3.8) is 0 Å². The van der Waals surface area contributed by atoms with Crippen LogP contribution in [-0.4, -0.2) is 28.0 Å². The van der Waals surface area contributed by atoms with Crippen LogP contribution < -0.4 is 0 Å². The fraction of sp³-hybridized carbons (Fsp3) is 1.00. The molecule has 0 aliphatic heterocycles. The topological polar surface area (TPSA) is 48.6 Å². The maximum atomic E-state index is 8.34. The van der Waals surface area contributed by atoms with Gasteiger partial charge in [-0.15, -0.1) is 0 Å². The summed E-state index contributed by atoms with van der Waals surface area (Å²) >= 11 is 0.300. The third kappa shape index (κ3) is 56.1. The Labute approximate surface area is 58.1 Å². The molecule has 0 rings (SSSR count). The van der Waals surface area contributed by atoms with E-state index in [1.165, 1.54) is 12.8 Å². The molecule has 3 heteroatoms. The number of unbranched alkanes of at least 4 members (excludes halogenated alkanes) is 1. The van der Waals surface area contributed by atoms with Gasteiger partial charge >= 0.3 is 25.6 Å². The van der Waals surface area contributed by atoms with E-state index in [0.717, 1.165) is 0 Å². The molecule has 0 fully saturated rings. The molecule has 0 heterocycles. The Morgan fingerprint density at radius 3 is 1.29 bits per heavy atom. The molecule has 2 nitrogen and oxygen atoms in total. The molecular formula is C4H12O2Sn. The molecule has 44 valence electrons. The van der Waals surface area contributed by atoms with Crippen molar-refractivity contribution in [3.8, 4) is 0 Å². The second-order valence-corrected chi connectivity index (χ2v) is 1.000. The molecule has 0 unspecified atom stereocenters. The van der Waals surface area contributed by atoms with Crippen molar-refractivity contribution in [2.75, 3.05) is 0 Å². The summed E-state index contributed by atoms with van der Waals surface area (Å²) in [6.07, 6.45) is 2.64. The van der Waals surface area contributed by atoms with E-state index in [0.29, 0.717) is 22.5 Å². The van der Waals surface area contributed by atoms with Crippen molar-refractivity contribution >= 4 is 22.5 Å². The van der Waals surface area contributed by atoms with E-state index in [2.05, 4.69) is 13.8 Å². The first-order chi connectivity index (χ1) is 2.91. The van der Waals surface area contributed by atoms with Crippen LogP contribution in [0.25, 0.3) is 0 Å². The number of hydrogen-bond donors (Lipinski definition) is 0. The molecule has 0 aliphatic rings. The predicted octanol–water partition coefficient (Wildman–Crippen LogP) is 0.482. The summed E-state index contributed by atoms with van der Waals surface area (Å²) in [7, 11) is 0. The second-order valence-electron chi connectivity index (χ2n) is 1.000. The summed E-state index contributed by atoms with van der Waals surface area (Å²) in [5.74, 6) is 0. The zero-order chi connectivity index (χ0) is 5.41. The molecule has 0 saturated carbocycles. The van der Waals surface area contributed by atoms with Gasteiger partial charge in [0, 0.05) is 0 Å². The molecule has 0 saturated heterocycles. The third-order valence-corrected chi connectivity index (χ3v) is 0.500. The van der Waals surface area contributed by atoms with E-state index in [1.807, 2.05) is 0 Å². The van der Waals surface area contributed by atoms with Crippen molar-refractivity contribution < 1.29 is 8.55 Å². The van der Waals surface area contributed by atoms with Crippen molar-refractivity contribution in [2.24, 2.45) is 0 Å².